The van der Waals surface area contributed by atoms with Gasteiger partial charge in [0, 0.05) is 91.5 Å². The molecule has 0 rings (SSSR count). The Labute approximate surface area is 107 Å². The first-order valence-corrected chi connectivity index (χ1v) is 0. The van der Waals surface area contributed by atoms with Crippen LogP contribution in [0.5, 0.6) is 0 Å². The Hall–Kier alpha value is 3.39. The van der Waals surface area contributed by atoms with Crippen molar-refractivity contribution in [3.63, 3.8) is 0 Å². The predicted octanol–water partition coefficient (Wildman–Crippen LogP) is -1.20. The molecule has 0 unspecified atom stereocenters. The number of hydrogen-bond acceptors (Lipinski definition) is 0. The van der Waals surface area contributed by atoms with E-state index in [1.54, 1.807) is 0 Å². The van der Waals surface area contributed by atoms with Gasteiger partial charge in [-0.3, -0.25) is 0 Å². The van der Waals surface area contributed by atoms with Gasteiger partial charge in [-0.1, -0.05) is 0 Å². The van der Waals surface area contributed by atoms with Crippen LogP contribution in [0.25, 0.3) is 0 Å². The van der Waals surface area contributed by atoms with E-state index in [1.807, 2.05) is 0 Å². The second-order valence-corrected chi connectivity index (χ2v) is 0. The van der Waals surface area contributed by atoms with Crippen LogP contribution in [0.2, 0.25) is 0 Å². The van der Waals surface area contributed by atoms with Crippen LogP contribution in [-0.4, -0.2) is 17.4 Å². The molecule has 0 nitrogen and oxygen atoms in total. The van der Waals surface area contributed by atoms with E-state index in [2.05, 4.69) is 0 Å². The second kappa shape index (κ2) is 39.9. The van der Waals surface area contributed by atoms with E-state index in [4.69, 9.17) is 0 Å². The third-order valence-corrected chi connectivity index (χ3v) is 0. The zero-order chi connectivity index (χ0) is 0. The molecule has 0 N–H and O–H groups in total. The average molecular weight is 361 g/mol. The van der Waals surface area contributed by atoms with E-state index < -0.39 is 0 Å². The molecule has 38 valence electrons. The van der Waals surface area contributed by atoms with Crippen molar-refractivity contribution in [3.8, 4) is 0 Å². The Morgan fingerprint density at radius 2 is 1.00 bits per heavy atom. The molecule has 6 heavy (non-hydrogen) atoms. The summed E-state index contributed by atoms with van der Waals surface area (Å²) in [6, 6.07) is 0. The Kier molecular flexibility index (Phi) is 382. The molecule has 0 aliphatic rings. The van der Waals surface area contributed by atoms with Crippen LogP contribution in [0.3, 0.4) is 0 Å². The Morgan fingerprint density at radius 3 is 1.00 bits per heavy atom. The molecule has 0 spiro atoms. The maximum absolute atomic E-state index is 0. The monoisotopic (exact) mass is 362 g/mol. The molecule has 2 radical (unpaired) electrons. The summed E-state index contributed by atoms with van der Waals surface area (Å²) in [5.41, 5.74) is 0. The van der Waals surface area contributed by atoms with E-state index in [1.165, 1.54) is 0 Å². The van der Waals surface area contributed by atoms with Crippen molar-refractivity contribution in [2.45, 2.75) is 0 Å². The topological polar surface area (TPSA) is 0 Å². The summed E-state index contributed by atoms with van der Waals surface area (Å²) in [7, 11) is 0. The molecule has 0 atom stereocenters. The van der Waals surface area contributed by atoms with Gasteiger partial charge in [0.15, 0.2) is 17.4 Å². The quantitative estimate of drug-likeness (QED) is 0.476. The van der Waals surface area contributed by atoms with E-state index in [-0.39, 0.29) is 109 Å². The van der Waals surface area contributed by atoms with Crippen molar-refractivity contribution < 1.29 is 91.5 Å². The first-order valence-electron chi connectivity index (χ1n) is 0. The van der Waals surface area contributed by atoms with Crippen molar-refractivity contribution in [3.05, 3.63) is 0 Å². The number of rotatable bonds is 0. The molecule has 0 aromatic carbocycles. The standard InChI is InChI=1S/Al.Co.Fe.Mn.Mo.Zn.3H. The van der Waals surface area contributed by atoms with Gasteiger partial charge in [0.25, 0.3) is 0 Å². The zero-order valence-corrected chi connectivity index (χ0v) is 10.5. The van der Waals surface area contributed by atoms with Crippen LogP contribution in [0.4, 0.5) is 0 Å². The van der Waals surface area contributed by atoms with Gasteiger partial charge < -0.3 is 0 Å². The average Bonchev–Trinajstić information content (AvgIpc) is 0. The molecular weight excluding hydrogens is 358 g/mol. The second-order valence-electron chi connectivity index (χ2n) is 0. The minimum absolute atomic E-state index is 0. The Morgan fingerprint density at radius 1 is 1.00 bits per heavy atom. The fraction of sp³-hybridized carbons (Fsp3) is 0. The molecule has 0 aromatic rings. The summed E-state index contributed by atoms with van der Waals surface area (Å²) >= 11 is 0. The molecule has 6 heteroatoms. The van der Waals surface area contributed by atoms with Crippen LogP contribution >= 0.6 is 0 Å². The maximum Gasteiger partial charge on any atom is 0.187 e. The third kappa shape index (κ3) is 26.3. The molecule has 0 fully saturated rings. The minimum atomic E-state index is 0. The van der Waals surface area contributed by atoms with E-state index in [0.29, 0.717) is 0 Å². The zero-order valence-electron chi connectivity index (χ0n) is 2.18. The molecule has 0 aromatic heterocycles. The Balaban J connectivity index is 0. The smallest absolute Gasteiger partial charge is 0 e. The van der Waals surface area contributed by atoms with Gasteiger partial charge in [0.1, 0.15) is 0 Å². The molecule has 0 amide bonds. The molecule has 0 bridgehead atoms. The molecule has 0 aliphatic heterocycles. The minimum Gasteiger partial charge on any atom is 0 e. The third-order valence-electron chi connectivity index (χ3n) is 0. The van der Waals surface area contributed by atoms with Crippen molar-refractivity contribution in [1.29, 1.82) is 0 Å². The molecular formula is H3AlCoFeMnMoZn. The van der Waals surface area contributed by atoms with Crippen LogP contribution in [0, 0.1) is 0 Å². The van der Waals surface area contributed by atoms with Gasteiger partial charge in [0.05, 0.1) is 0 Å². The van der Waals surface area contributed by atoms with Gasteiger partial charge in [-0.25, -0.2) is 0 Å². The summed E-state index contributed by atoms with van der Waals surface area (Å²) in [5, 5.41) is 0. The van der Waals surface area contributed by atoms with Crippen molar-refractivity contribution in [2.24, 2.45) is 0 Å². The van der Waals surface area contributed by atoms with Gasteiger partial charge in [-0.2, -0.15) is 0 Å². The SMILES string of the molecule is [AlH3].[Co].[Fe].[Mn].[Mo].[Zn]. The summed E-state index contributed by atoms with van der Waals surface area (Å²) in [5.74, 6) is 0. The predicted molar refractivity (Wildman–Crippen MR) is 9.94 cm³/mol. The summed E-state index contributed by atoms with van der Waals surface area (Å²) in [4.78, 5) is 0. The van der Waals surface area contributed by atoms with Crippen LogP contribution in [0.1, 0.15) is 0 Å². The largest absolute Gasteiger partial charge is 0.187 e. The van der Waals surface area contributed by atoms with Crippen molar-refractivity contribution in [2.75, 3.05) is 0 Å². The van der Waals surface area contributed by atoms with Gasteiger partial charge in [0.2, 0.25) is 0 Å². The van der Waals surface area contributed by atoms with Crippen LogP contribution < -0.4 is 0 Å². The van der Waals surface area contributed by atoms with Crippen LogP contribution in [-0.2, 0) is 91.5 Å². The van der Waals surface area contributed by atoms with E-state index >= 15 is 0 Å². The molecule has 0 saturated carbocycles. The molecule has 0 heterocycles. The summed E-state index contributed by atoms with van der Waals surface area (Å²) < 4.78 is 0. The summed E-state index contributed by atoms with van der Waals surface area (Å²) in [6.45, 7) is 0. The molecule has 0 saturated heterocycles. The van der Waals surface area contributed by atoms with Crippen molar-refractivity contribution in [1.82, 2.24) is 0 Å². The Bertz CT molecular complexity index is 15.5. The molecule has 0 aliphatic carbocycles. The van der Waals surface area contributed by atoms with Crippen molar-refractivity contribution >= 4 is 17.4 Å². The van der Waals surface area contributed by atoms with Gasteiger partial charge in [-0.05, 0) is 0 Å². The number of hydrogen-bond donors (Lipinski definition) is 0. The first kappa shape index (κ1) is 57.5. The maximum atomic E-state index is 0. The van der Waals surface area contributed by atoms with E-state index in [0.717, 1.165) is 0 Å². The van der Waals surface area contributed by atoms with Gasteiger partial charge in [-0.15, -0.1) is 0 Å². The fourth-order valence-corrected chi connectivity index (χ4v) is 0. The van der Waals surface area contributed by atoms with Crippen LogP contribution in [0.15, 0.2) is 0 Å². The summed E-state index contributed by atoms with van der Waals surface area (Å²) in [6.07, 6.45) is 0. The fourth-order valence-electron chi connectivity index (χ4n) is 0. The first-order chi connectivity index (χ1) is 0. The van der Waals surface area contributed by atoms with E-state index in [9.17, 15) is 0 Å². The normalized spacial score (nSPS) is 0. The van der Waals surface area contributed by atoms with Gasteiger partial charge >= 0.3 is 0 Å².